The van der Waals surface area contributed by atoms with Crippen molar-refractivity contribution in [3.63, 3.8) is 0 Å². The molecular weight excluding hydrogens is 222 g/mol. The standard InChI is InChI=1S/C12H15NO4/c1-3-9(2)8-17-12-6-10(7-14)4-5-11(12)13(15)16/h4-7,9H,3,8H2,1-2H3. The fraction of sp³-hybridized carbons (Fsp3) is 0.417. The third-order valence-electron chi connectivity index (χ3n) is 2.54. The molecule has 0 fully saturated rings. The second-order valence-corrected chi connectivity index (χ2v) is 3.93. The van der Waals surface area contributed by atoms with Gasteiger partial charge in [-0.05, 0) is 18.1 Å². The zero-order valence-corrected chi connectivity index (χ0v) is 9.88. The van der Waals surface area contributed by atoms with Crippen LogP contribution in [-0.2, 0) is 0 Å². The molecule has 17 heavy (non-hydrogen) atoms. The minimum Gasteiger partial charge on any atom is -0.487 e. The molecule has 92 valence electrons. The Labute approximate surface area is 99.5 Å². The van der Waals surface area contributed by atoms with Gasteiger partial charge in [-0.2, -0.15) is 0 Å². The molecule has 0 saturated heterocycles. The van der Waals surface area contributed by atoms with Gasteiger partial charge in [0.05, 0.1) is 11.5 Å². The summed E-state index contributed by atoms with van der Waals surface area (Å²) in [5.41, 5.74) is 0.258. The molecular formula is C12H15NO4. The summed E-state index contributed by atoms with van der Waals surface area (Å²) in [5, 5.41) is 10.8. The van der Waals surface area contributed by atoms with Crippen LogP contribution < -0.4 is 4.74 Å². The molecule has 0 aliphatic heterocycles. The van der Waals surface area contributed by atoms with E-state index in [1.165, 1.54) is 18.2 Å². The summed E-state index contributed by atoms with van der Waals surface area (Å²) in [7, 11) is 0. The van der Waals surface area contributed by atoms with Gasteiger partial charge in [-0.1, -0.05) is 20.3 Å². The average molecular weight is 237 g/mol. The first-order chi connectivity index (χ1) is 8.08. The minimum absolute atomic E-state index is 0.112. The number of aldehydes is 1. The zero-order valence-electron chi connectivity index (χ0n) is 9.88. The van der Waals surface area contributed by atoms with Crippen molar-refractivity contribution >= 4 is 12.0 Å². The van der Waals surface area contributed by atoms with Crippen LogP contribution in [0, 0.1) is 16.0 Å². The van der Waals surface area contributed by atoms with Crippen LogP contribution in [0.3, 0.4) is 0 Å². The molecule has 0 bridgehead atoms. The summed E-state index contributed by atoms with van der Waals surface area (Å²) >= 11 is 0. The van der Waals surface area contributed by atoms with Crippen LogP contribution >= 0.6 is 0 Å². The maximum absolute atomic E-state index is 10.8. The third-order valence-corrected chi connectivity index (χ3v) is 2.54. The second-order valence-electron chi connectivity index (χ2n) is 3.93. The van der Waals surface area contributed by atoms with E-state index in [1.807, 2.05) is 13.8 Å². The number of nitro groups is 1. The Kier molecular flexibility index (Phi) is 4.63. The number of carbonyl (C=O) groups excluding carboxylic acids is 1. The highest BCUT2D eigenvalue weighted by Crippen LogP contribution is 2.28. The molecule has 0 aliphatic rings. The van der Waals surface area contributed by atoms with Gasteiger partial charge in [0.25, 0.3) is 0 Å². The highest BCUT2D eigenvalue weighted by atomic mass is 16.6. The van der Waals surface area contributed by atoms with Gasteiger partial charge < -0.3 is 4.74 Å². The van der Waals surface area contributed by atoms with Crippen LogP contribution in [0.15, 0.2) is 18.2 Å². The summed E-state index contributed by atoms with van der Waals surface area (Å²) in [6.45, 7) is 4.42. The van der Waals surface area contributed by atoms with E-state index in [-0.39, 0.29) is 11.4 Å². The SMILES string of the molecule is CCC(C)COc1cc(C=O)ccc1[N+](=O)[O-]. The Morgan fingerprint density at radius 3 is 2.76 bits per heavy atom. The molecule has 1 aromatic rings. The van der Waals surface area contributed by atoms with E-state index in [0.717, 1.165) is 6.42 Å². The molecule has 5 heteroatoms. The number of benzene rings is 1. The lowest BCUT2D eigenvalue weighted by atomic mass is 10.1. The quantitative estimate of drug-likeness (QED) is 0.433. The van der Waals surface area contributed by atoms with Crippen molar-refractivity contribution in [3.05, 3.63) is 33.9 Å². The predicted octanol–water partition coefficient (Wildman–Crippen LogP) is 2.83. The average Bonchev–Trinajstić information content (AvgIpc) is 2.35. The van der Waals surface area contributed by atoms with Crippen molar-refractivity contribution in [3.8, 4) is 5.75 Å². The first-order valence-corrected chi connectivity index (χ1v) is 5.44. The highest BCUT2D eigenvalue weighted by Gasteiger charge is 2.16. The Morgan fingerprint density at radius 1 is 1.53 bits per heavy atom. The topological polar surface area (TPSA) is 69.4 Å². The maximum atomic E-state index is 10.8. The van der Waals surface area contributed by atoms with E-state index in [2.05, 4.69) is 0 Å². The van der Waals surface area contributed by atoms with Gasteiger partial charge in [0.1, 0.15) is 6.29 Å². The third kappa shape index (κ3) is 3.55. The number of ether oxygens (including phenoxy) is 1. The normalized spacial score (nSPS) is 11.9. The summed E-state index contributed by atoms with van der Waals surface area (Å²) in [6, 6.07) is 4.09. The van der Waals surface area contributed by atoms with Crippen molar-refractivity contribution in [2.24, 2.45) is 5.92 Å². The highest BCUT2D eigenvalue weighted by molar-refractivity contribution is 5.76. The monoisotopic (exact) mass is 237 g/mol. The van der Waals surface area contributed by atoms with Gasteiger partial charge >= 0.3 is 5.69 Å². The van der Waals surface area contributed by atoms with Gasteiger partial charge in [-0.25, -0.2) is 0 Å². The van der Waals surface area contributed by atoms with E-state index in [4.69, 9.17) is 4.74 Å². The molecule has 5 nitrogen and oxygen atoms in total. The lowest BCUT2D eigenvalue weighted by Crippen LogP contribution is -2.08. The van der Waals surface area contributed by atoms with Crippen LogP contribution in [0.2, 0.25) is 0 Å². The van der Waals surface area contributed by atoms with Crippen LogP contribution in [0.1, 0.15) is 30.6 Å². The van der Waals surface area contributed by atoms with Gasteiger partial charge in [-0.15, -0.1) is 0 Å². The first-order valence-electron chi connectivity index (χ1n) is 5.44. The molecule has 0 spiro atoms. The largest absolute Gasteiger partial charge is 0.487 e. The second kappa shape index (κ2) is 5.98. The Morgan fingerprint density at radius 2 is 2.24 bits per heavy atom. The number of hydrogen-bond donors (Lipinski definition) is 0. The zero-order chi connectivity index (χ0) is 12.8. The molecule has 1 rings (SSSR count). The van der Waals surface area contributed by atoms with Gasteiger partial charge in [0.2, 0.25) is 0 Å². The number of nitro benzene ring substituents is 1. The molecule has 1 aromatic carbocycles. The van der Waals surface area contributed by atoms with E-state index in [0.29, 0.717) is 24.4 Å². The fourth-order valence-corrected chi connectivity index (χ4v) is 1.22. The molecule has 1 unspecified atom stereocenters. The lowest BCUT2D eigenvalue weighted by molar-refractivity contribution is -0.385. The molecule has 0 amide bonds. The maximum Gasteiger partial charge on any atom is 0.310 e. The van der Waals surface area contributed by atoms with Gasteiger partial charge in [0.15, 0.2) is 5.75 Å². The van der Waals surface area contributed by atoms with Crippen molar-refractivity contribution in [2.75, 3.05) is 6.61 Å². The van der Waals surface area contributed by atoms with Gasteiger partial charge in [-0.3, -0.25) is 14.9 Å². The predicted molar refractivity (Wildman–Crippen MR) is 63.4 cm³/mol. The molecule has 1 atom stereocenters. The van der Waals surface area contributed by atoms with Crippen LogP contribution in [0.5, 0.6) is 5.75 Å². The first kappa shape index (κ1) is 13.2. The number of rotatable bonds is 6. The summed E-state index contributed by atoms with van der Waals surface area (Å²) in [6.07, 6.45) is 1.57. The minimum atomic E-state index is -0.513. The smallest absolute Gasteiger partial charge is 0.310 e. The molecule has 0 heterocycles. The number of hydrogen-bond acceptors (Lipinski definition) is 4. The van der Waals surface area contributed by atoms with Crippen molar-refractivity contribution in [1.29, 1.82) is 0 Å². The number of carbonyl (C=O) groups is 1. The Hall–Kier alpha value is -1.91. The molecule has 0 aliphatic carbocycles. The Balaban J connectivity index is 2.93. The van der Waals surface area contributed by atoms with Crippen molar-refractivity contribution < 1.29 is 14.5 Å². The molecule has 0 aromatic heterocycles. The number of nitrogens with zero attached hydrogens (tertiary/aromatic N) is 1. The van der Waals surface area contributed by atoms with Gasteiger partial charge in [0, 0.05) is 11.6 Å². The molecule has 0 saturated carbocycles. The molecule has 0 N–H and O–H groups in total. The van der Waals surface area contributed by atoms with E-state index < -0.39 is 4.92 Å². The van der Waals surface area contributed by atoms with Crippen molar-refractivity contribution in [1.82, 2.24) is 0 Å². The van der Waals surface area contributed by atoms with Crippen LogP contribution in [0.4, 0.5) is 5.69 Å². The van der Waals surface area contributed by atoms with Crippen LogP contribution in [-0.4, -0.2) is 17.8 Å². The van der Waals surface area contributed by atoms with E-state index in [9.17, 15) is 14.9 Å². The molecule has 0 radical (unpaired) electrons. The summed E-state index contributed by atoms with van der Waals surface area (Å²) in [4.78, 5) is 20.9. The van der Waals surface area contributed by atoms with E-state index in [1.54, 1.807) is 0 Å². The van der Waals surface area contributed by atoms with E-state index >= 15 is 0 Å². The fourth-order valence-electron chi connectivity index (χ4n) is 1.22. The summed E-state index contributed by atoms with van der Waals surface area (Å²) in [5.74, 6) is 0.467. The Bertz CT molecular complexity index is 417. The lowest BCUT2D eigenvalue weighted by Gasteiger charge is -2.11. The van der Waals surface area contributed by atoms with Crippen LogP contribution in [0.25, 0.3) is 0 Å². The van der Waals surface area contributed by atoms with Crippen molar-refractivity contribution in [2.45, 2.75) is 20.3 Å². The summed E-state index contributed by atoms with van der Waals surface area (Å²) < 4.78 is 5.39.